The highest BCUT2D eigenvalue weighted by Crippen LogP contribution is 2.42. The second kappa shape index (κ2) is 3.27. The van der Waals surface area contributed by atoms with Crippen LogP contribution in [-0.2, 0) is 0 Å². The Morgan fingerprint density at radius 2 is 2.07 bits per heavy atom. The van der Waals surface area contributed by atoms with E-state index in [4.69, 9.17) is 0 Å². The normalized spacial score (nSPS) is 15.9. The zero-order chi connectivity index (χ0) is 10.4. The lowest BCUT2D eigenvalue weighted by Crippen LogP contribution is -1.94. The van der Waals surface area contributed by atoms with Crippen LogP contribution in [0.1, 0.15) is 30.0 Å². The molecule has 0 unspecified atom stereocenters. The van der Waals surface area contributed by atoms with Gasteiger partial charge in [0.15, 0.2) is 4.73 Å². The van der Waals surface area contributed by atoms with Crippen LogP contribution in [0.15, 0.2) is 22.9 Å². The molecule has 1 saturated carbocycles. The lowest BCUT2D eigenvalue weighted by Gasteiger charge is -2.05. The average Bonchev–Trinajstić information content (AvgIpc) is 2.98. The van der Waals surface area contributed by atoms with E-state index in [1.54, 1.807) is 0 Å². The largest absolute Gasteiger partial charge is 0.226 e. The van der Waals surface area contributed by atoms with E-state index in [-0.39, 0.29) is 0 Å². The van der Waals surface area contributed by atoms with Crippen molar-refractivity contribution in [1.82, 2.24) is 9.97 Å². The van der Waals surface area contributed by atoms with Gasteiger partial charge in [-0.2, -0.15) is 0 Å². The third kappa shape index (κ3) is 1.65. The third-order valence-electron chi connectivity index (χ3n) is 2.82. The van der Waals surface area contributed by atoms with Crippen molar-refractivity contribution in [2.75, 3.05) is 0 Å². The molecule has 1 aliphatic rings. The molecule has 2 nitrogen and oxygen atoms in total. The van der Waals surface area contributed by atoms with Crippen LogP contribution in [0.5, 0.6) is 0 Å². The minimum atomic E-state index is 0.662. The molecule has 2 aromatic rings. The number of hydrogen-bond donors (Lipinski definition) is 0. The molecule has 0 radical (unpaired) electrons. The van der Waals surface area contributed by atoms with Crippen LogP contribution in [0.4, 0.5) is 0 Å². The van der Waals surface area contributed by atoms with E-state index < -0.39 is 0 Å². The van der Waals surface area contributed by atoms with Crippen molar-refractivity contribution in [3.8, 4) is 0 Å². The fourth-order valence-electron chi connectivity index (χ4n) is 1.90. The quantitative estimate of drug-likeness (QED) is 0.735. The minimum absolute atomic E-state index is 0.662. The van der Waals surface area contributed by atoms with Crippen molar-refractivity contribution >= 4 is 26.8 Å². The van der Waals surface area contributed by atoms with Gasteiger partial charge < -0.3 is 0 Å². The third-order valence-corrected chi connectivity index (χ3v) is 3.17. The summed E-state index contributed by atoms with van der Waals surface area (Å²) in [6, 6.07) is 6.39. The first-order chi connectivity index (χ1) is 7.24. The number of benzene rings is 1. The van der Waals surface area contributed by atoms with Crippen molar-refractivity contribution in [2.24, 2.45) is 0 Å². The Kier molecular flexibility index (Phi) is 2.02. The van der Waals surface area contributed by atoms with Gasteiger partial charge in [-0.05, 0) is 47.3 Å². The van der Waals surface area contributed by atoms with Crippen molar-refractivity contribution in [3.05, 3.63) is 34.2 Å². The second-order valence-corrected chi connectivity index (χ2v) is 4.88. The average molecular weight is 263 g/mol. The number of aryl methyl sites for hydroxylation is 1. The first kappa shape index (κ1) is 9.28. The monoisotopic (exact) mass is 262 g/mol. The Morgan fingerprint density at radius 1 is 1.27 bits per heavy atom. The molecule has 0 spiro atoms. The number of rotatable bonds is 1. The first-order valence-corrected chi connectivity index (χ1v) is 5.97. The molecule has 0 N–H and O–H groups in total. The topological polar surface area (TPSA) is 25.8 Å². The molecule has 76 valence electrons. The summed E-state index contributed by atoms with van der Waals surface area (Å²) in [7, 11) is 0. The molecule has 15 heavy (non-hydrogen) atoms. The first-order valence-electron chi connectivity index (χ1n) is 5.18. The Bertz CT molecular complexity index is 527. The van der Waals surface area contributed by atoms with Gasteiger partial charge in [0, 0.05) is 11.3 Å². The van der Waals surface area contributed by atoms with E-state index in [1.165, 1.54) is 29.5 Å². The molecule has 3 heteroatoms. The summed E-state index contributed by atoms with van der Waals surface area (Å²) < 4.78 is 0.711. The molecular formula is C12H11BrN2. The summed E-state index contributed by atoms with van der Waals surface area (Å²) in [5.74, 6) is 0.662. The number of fused-ring (bicyclic) bond motifs is 1. The molecule has 1 heterocycles. The number of hydrogen-bond acceptors (Lipinski definition) is 2. The Balaban J connectivity index is 2.33. The number of aromatic nitrogens is 2. The molecule has 0 aliphatic heterocycles. The number of nitrogens with zero attached hydrogens (tertiary/aromatic N) is 2. The fraction of sp³-hybridized carbons (Fsp3) is 0.333. The highest BCUT2D eigenvalue weighted by molar-refractivity contribution is 9.10. The predicted octanol–water partition coefficient (Wildman–Crippen LogP) is 3.58. The minimum Gasteiger partial charge on any atom is -0.226 e. The maximum Gasteiger partial charge on any atom is 0.197 e. The van der Waals surface area contributed by atoms with Crippen LogP contribution < -0.4 is 0 Å². The van der Waals surface area contributed by atoms with Gasteiger partial charge in [-0.1, -0.05) is 12.1 Å². The van der Waals surface area contributed by atoms with Crippen LogP contribution in [0.25, 0.3) is 10.9 Å². The van der Waals surface area contributed by atoms with Crippen LogP contribution in [0, 0.1) is 6.92 Å². The summed E-state index contributed by atoms with van der Waals surface area (Å²) in [5, 5.41) is 1.21. The van der Waals surface area contributed by atoms with Crippen LogP contribution in [-0.4, -0.2) is 9.97 Å². The van der Waals surface area contributed by atoms with Gasteiger partial charge in [-0.25, -0.2) is 9.97 Å². The summed E-state index contributed by atoms with van der Waals surface area (Å²) in [6.45, 7) is 2.09. The SMILES string of the molecule is Cc1ccc2c(C3CC3)nc(Br)nc2c1. The molecule has 1 aromatic heterocycles. The van der Waals surface area contributed by atoms with Crippen LogP contribution >= 0.6 is 15.9 Å². The van der Waals surface area contributed by atoms with Crippen molar-refractivity contribution < 1.29 is 0 Å². The van der Waals surface area contributed by atoms with Gasteiger partial charge in [0.05, 0.1) is 11.2 Å². The Morgan fingerprint density at radius 3 is 2.80 bits per heavy atom. The summed E-state index contributed by atoms with van der Waals surface area (Å²) in [4.78, 5) is 8.91. The van der Waals surface area contributed by atoms with Gasteiger partial charge in [-0.15, -0.1) is 0 Å². The van der Waals surface area contributed by atoms with Crippen molar-refractivity contribution in [1.29, 1.82) is 0 Å². The molecule has 1 aliphatic carbocycles. The molecule has 0 atom stereocenters. The molecule has 0 bridgehead atoms. The van der Waals surface area contributed by atoms with E-state index >= 15 is 0 Å². The highest BCUT2D eigenvalue weighted by atomic mass is 79.9. The summed E-state index contributed by atoms with van der Waals surface area (Å²) in [6.07, 6.45) is 2.54. The maximum absolute atomic E-state index is 4.50. The zero-order valence-corrected chi connectivity index (χ0v) is 10.1. The Labute approximate surface area is 96.9 Å². The lowest BCUT2D eigenvalue weighted by atomic mass is 10.1. The van der Waals surface area contributed by atoms with E-state index in [2.05, 4.69) is 51.0 Å². The molecule has 0 amide bonds. The molecule has 1 fully saturated rings. The van der Waals surface area contributed by atoms with E-state index in [1.807, 2.05) is 0 Å². The summed E-state index contributed by atoms with van der Waals surface area (Å²) in [5.41, 5.74) is 3.51. The lowest BCUT2D eigenvalue weighted by molar-refractivity contribution is 0.995. The molecule has 0 saturated heterocycles. The number of halogens is 1. The van der Waals surface area contributed by atoms with Crippen molar-refractivity contribution in [3.63, 3.8) is 0 Å². The summed E-state index contributed by atoms with van der Waals surface area (Å²) >= 11 is 3.38. The second-order valence-electron chi connectivity index (χ2n) is 4.17. The van der Waals surface area contributed by atoms with Crippen LogP contribution in [0.2, 0.25) is 0 Å². The smallest absolute Gasteiger partial charge is 0.197 e. The Hall–Kier alpha value is -0.960. The van der Waals surface area contributed by atoms with E-state index in [0.29, 0.717) is 10.7 Å². The highest BCUT2D eigenvalue weighted by Gasteiger charge is 2.27. The van der Waals surface area contributed by atoms with Crippen LogP contribution in [0.3, 0.4) is 0 Å². The van der Waals surface area contributed by atoms with Crippen molar-refractivity contribution in [2.45, 2.75) is 25.7 Å². The zero-order valence-electron chi connectivity index (χ0n) is 8.50. The van der Waals surface area contributed by atoms with E-state index in [9.17, 15) is 0 Å². The molecule has 3 rings (SSSR count). The maximum atomic E-state index is 4.50. The van der Waals surface area contributed by atoms with Gasteiger partial charge in [0.1, 0.15) is 0 Å². The standard InChI is InChI=1S/C12H11BrN2/c1-7-2-5-9-10(6-7)14-12(13)15-11(9)8-3-4-8/h2,5-6,8H,3-4H2,1H3. The van der Waals surface area contributed by atoms with Gasteiger partial charge in [-0.3, -0.25) is 0 Å². The molecular weight excluding hydrogens is 252 g/mol. The van der Waals surface area contributed by atoms with Gasteiger partial charge in [0.2, 0.25) is 0 Å². The van der Waals surface area contributed by atoms with E-state index in [0.717, 1.165) is 5.52 Å². The fourth-order valence-corrected chi connectivity index (χ4v) is 2.28. The predicted molar refractivity (Wildman–Crippen MR) is 64.0 cm³/mol. The van der Waals surface area contributed by atoms with Gasteiger partial charge >= 0.3 is 0 Å². The van der Waals surface area contributed by atoms with Gasteiger partial charge in [0.25, 0.3) is 0 Å². The molecule has 1 aromatic carbocycles.